The van der Waals surface area contributed by atoms with Crippen LogP contribution >= 0.6 is 0 Å². The molecule has 1 aliphatic heterocycles. The summed E-state index contributed by atoms with van der Waals surface area (Å²) in [6.45, 7) is 4.69. The van der Waals surface area contributed by atoms with Crippen molar-refractivity contribution in [3.63, 3.8) is 0 Å². The molecule has 0 amide bonds. The second kappa shape index (κ2) is 6.16. The first-order valence-corrected chi connectivity index (χ1v) is 6.64. The lowest BCUT2D eigenvalue weighted by Crippen LogP contribution is -2.37. The van der Waals surface area contributed by atoms with Crippen molar-refractivity contribution in [2.75, 3.05) is 32.2 Å². The quantitative estimate of drug-likeness (QED) is 0.882. The number of nitrogens with zero attached hydrogens (tertiary/aromatic N) is 2. The molecule has 1 aromatic rings. The minimum Gasteiger partial charge on any atom is -0.381 e. The van der Waals surface area contributed by atoms with Crippen LogP contribution in [0.4, 0.5) is 5.82 Å². The van der Waals surface area contributed by atoms with Crippen LogP contribution in [0.2, 0.25) is 0 Å². The molecule has 1 aliphatic rings. The van der Waals surface area contributed by atoms with Crippen molar-refractivity contribution >= 4 is 5.82 Å². The molecule has 1 saturated heterocycles. The Bertz CT molecular complexity index is 389. The number of ether oxygens (including phenoxy) is 1. The number of anilines is 1. The third-order valence-electron chi connectivity index (χ3n) is 3.65. The minimum atomic E-state index is 0.556. The Morgan fingerprint density at radius 1 is 1.39 bits per heavy atom. The first-order chi connectivity index (χ1) is 8.72. The van der Waals surface area contributed by atoms with Crippen LogP contribution in [0.25, 0.3) is 0 Å². The minimum absolute atomic E-state index is 0.556. The summed E-state index contributed by atoms with van der Waals surface area (Å²) >= 11 is 0. The summed E-state index contributed by atoms with van der Waals surface area (Å²) in [5.41, 5.74) is 2.38. The molecule has 100 valence electrons. The van der Waals surface area contributed by atoms with Crippen molar-refractivity contribution in [3.05, 3.63) is 23.4 Å². The first-order valence-electron chi connectivity index (χ1n) is 6.64. The molecule has 4 heteroatoms. The van der Waals surface area contributed by atoms with Gasteiger partial charge in [-0.15, -0.1) is 0 Å². The average molecular weight is 249 g/mol. The molecule has 0 aromatic carbocycles. The molecule has 18 heavy (non-hydrogen) atoms. The SMILES string of the molecule is CNCc1ccc(N(C)C2CCOCC2)nc1C. The highest BCUT2D eigenvalue weighted by atomic mass is 16.5. The lowest BCUT2D eigenvalue weighted by atomic mass is 10.1. The number of nitrogens with one attached hydrogen (secondary N) is 1. The molecule has 1 aromatic heterocycles. The largest absolute Gasteiger partial charge is 0.381 e. The normalized spacial score (nSPS) is 16.8. The van der Waals surface area contributed by atoms with Gasteiger partial charge in [-0.1, -0.05) is 6.07 Å². The van der Waals surface area contributed by atoms with Gasteiger partial charge in [0.15, 0.2) is 0 Å². The van der Waals surface area contributed by atoms with Gasteiger partial charge in [0.1, 0.15) is 5.82 Å². The number of aryl methyl sites for hydroxylation is 1. The highest BCUT2D eigenvalue weighted by molar-refractivity contribution is 5.42. The fraction of sp³-hybridized carbons (Fsp3) is 0.643. The van der Waals surface area contributed by atoms with E-state index in [1.54, 1.807) is 0 Å². The lowest BCUT2D eigenvalue weighted by molar-refractivity contribution is 0.0853. The van der Waals surface area contributed by atoms with Crippen LogP contribution in [0.5, 0.6) is 0 Å². The van der Waals surface area contributed by atoms with Crippen molar-refractivity contribution in [1.29, 1.82) is 0 Å². The standard InChI is InChI=1S/C14H23N3O/c1-11-12(10-15-2)4-5-14(16-11)17(3)13-6-8-18-9-7-13/h4-5,13,15H,6-10H2,1-3H3. The van der Waals surface area contributed by atoms with Gasteiger partial charge < -0.3 is 15.0 Å². The highest BCUT2D eigenvalue weighted by Gasteiger charge is 2.19. The van der Waals surface area contributed by atoms with Crippen LogP contribution in [0.3, 0.4) is 0 Å². The van der Waals surface area contributed by atoms with Crippen LogP contribution in [-0.2, 0) is 11.3 Å². The molecular formula is C14H23N3O. The summed E-state index contributed by atoms with van der Waals surface area (Å²) in [5, 5.41) is 3.17. The number of hydrogen-bond donors (Lipinski definition) is 1. The zero-order valence-corrected chi connectivity index (χ0v) is 11.6. The van der Waals surface area contributed by atoms with E-state index < -0.39 is 0 Å². The maximum atomic E-state index is 5.41. The Hall–Kier alpha value is -1.13. The van der Waals surface area contributed by atoms with Gasteiger partial charge in [0.25, 0.3) is 0 Å². The molecule has 0 atom stereocenters. The Balaban J connectivity index is 2.10. The van der Waals surface area contributed by atoms with E-state index in [2.05, 4.69) is 36.3 Å². The zero-order valence-electron chi connectivity index (χ0n) is 11.6. The molecule has 0 bridgehead atoms. The molecule has 0 saturated carbocycles. The molecule has 2 heterocycles. The molecule has 0 spiro atoms. The maximum absolute atomic E-state index is 5.41. The Morgan fingerprint density at radius 2 is 2.11 bits per heavy atom. The van der Waals surface area contributed by atoms with E-state index in [-0.39, 0.29) is 0 Å². The van der Waals surface area contributed by atoms with Crippen molar-refractivity contribution in [3.8, 4) is 0 Å². The summed E-state index contributed by atoms with van der Waals surface area (Å²) in [6, 6.07) is 4.85. The summed E-state index contributed by atoms with van der Waals surface area (Å²) < 4.78 is 5.41. The van der Waals surface area contributed by atoms with E-state index in [1.807, 2.05) is 7.05 Å². The smallest absolute Gasteiger partial charge is 0.128 e. The van der Waals surface area contributed by atoms with Crippen molar-refractivity contribution in [2.45, 2.75) is 32.4 Å². The number of rotatable bonds is 4. The predicted octanol–water partition coefficient (Wildman–Crippen LogP) is 1.72. The van der Waals surface area contributed by atoms with Crippen LogP contribution in [-0.4, -0.2) is 38.3 Å². The van der Waals surface area contributed by atoms with E-state index >= 15 is 0 Å². The van der Waals surface area contributed by atoms with Crippen LogP contribution in [0, 0.1) is 6.92 Å². The molecule has 1 fully saturated rings. The first kappa shape index (κ1) is 13.3. The van der Waals surface area contributed by atoms with Crippen molar-refractivity contribution in [2.24, 2.45) is 0 Å². The van der Waals surface area contributed by atoms with Crippen LogP contribution < -0.4 is 10.2 Å². The third-order valence-corrected chi connectivity index (χ3v) is 3.65. The molecule has 0 aliphatic carbocycles. The number of hydrogen-bond acceptors (Lipinski definition) is 4. The molecular weight excluding hydrogens is 226 g/mol. The van der Waals surface area contributed by atoms with Gasteiger partial charge in [-0.2, -0.15) is 0 Å². The van der Waals surface area contributed by atoms with E-state index in [0.717, 1.165) is 44.1 Å². The van der Waals surface area contributed by atoms with Crippen LogP contribution in [0.15, 0.2) is 12.1 Å². The van der Waals surface area contributed by atoms with E-state index in [0.29, 0.717) is 6.04 Å². The fourth-order valence-electron chi connectivity index (χ4n) is 2.41. The van der Waals surface area contributed by atoms with Gasteiger partial charge in [-0.3, -0.25) is 0 Å². The Labute approximate surface area is 109 Å². The fourth-order valence-corrected chi connectivity index (χ4v) is 2.41. The van der Waals surface area contributed by atoms with Gasteiger partial charge in [-0.25, -0.2) is 4.98 Å². The number of aromatic nitrogens is 1. The van der Waals surface area contributed by atoms with E-state index in [4.69, 9.17) is 9.72 Å². The van der Waals surface area contributed by atoms with Gasteiger partial charge in [0, 0.05) is 38.5 Å². The topological polar surface area (TPSA) is 37.4 Å². The van der Waals surface area contributed by atoms with E-state index in [9.17, 15) is 0 Å². The van der Waals surface area contributed by atoms with E-state index in [1.165, 1.54) is 5.56 Å². The zero-order chi connectivity index (χ0) is 13.0. The molecule has 0 unspecified atom stereocenters. The highest BCUT2D eigenvalue weighted by Crippen LogP contribution is 2.20. The predicted molar refractivity (Wildman–Crippen MR) is 74.0 cm³/mol. The number of pyridine rings is 1. The Morgan fingerprint density at radius 3 is 2.72 bits per heavy atom. The molecule has 1 N–H and O–H groups in total. The summed E-state index contributed by atoms with van der Waals surface area (Å²) in [7, 11) is 4.09. The van der Waals surface area contributed by atoms with Crippen LogP contribution in [0.1, 0.15) is 24.1 Å². The van der Waals surface area contributed by atoms with Crippen molar-refractivity contribution < 1.29 is 4.74 Å². The summed E-state index contributed by atoms with van der Waals surface area (Å²) in [6.07, 6.45) is 2.19. The van der Waals surface area contributed by atoms with Crippen molar-refractivity contribution in [1.82, 2.24) is 10.3 Å². The monoisotopic (exact) mass is 249 g/mol. The third kappa shape index (κ3) is 3.00. The van der Waals surface area contributed by atoms with Gasteiger partial charge in [0.05, 0.1) is 0 Å². The second-order valence-corrected chi connectivity index (χ2v) is 4.90. The lowest BCUT2D eigenvalue weighted by Gasteiger charge is -2.32. The van der Waals surface area contributed by atoms with Gasteiger partial charge >= 0.3 is 0 Å². The Kier molecular flexibility index (Phi) is 4.55. The maximum Gasteiger partial charge on any atom is 0.128 e. The summed E-state index contributed by atoms with van der Waals surface area (Å²) in [5.74, 6) is 1.07. The second-order valence-electron chi connectivity index (χ2n) is 4.90. The average Bonchev–Trinajstić information content (AvgIpc) is 2.41. The van der Waals surface area contributed by atoms with Gasteiger partial charge in [0.2, 0.25) is 0 Å². The molecule has 0 radical (unpaired) electrons. The summed E-state index contributed by atoms with van der Waals surface area (Å²) in [4.78, 5) is 7.00. The van der Waals surface area contributed by atoms with Gasteiger partial charge in [-0.05, 0) is 38.4 Å². The molecule has 2 rings (SSSR count). The molecule has 4 nitrogen and oxygen atoms in total.